The van der Waals surface area contributed by atoms with Crippen LogP contribution in [0.15, 0.2) is 12.5 Å². The maximum atomic E-state index is 12.8. The number of imidazole rings is 1. The summed E-state index contributed by atoms with van der Waals surface area (Å²) in [6.45, 7) is 3.78. The Balaban J connectivity index is 2.00. The number of nitrogens with zero attached hydrogens (tertiary/aromatic N) is 1. The molecular formula is C20H32N6O6. The van der Waals surface area contributed by atoms with Crippen molar-refractivity contribution < 1.29 is 29.4 Å². The molecule has 0 radical (unpaired) electrons. The van der Waals surface area contributed by atoms with Gasteiger partial charge in [-0.3, -0.25) is 14.4 Å². The number of carboxylic acid groups (broad SMARTS) is 1. The molecule has 0 spiro atoms. The number of nitrogens with one attached hydrogen (secondary N) is 5. The van der Waals surface area contributed by atoms with Crippen molar-refractivity contribution in [2.24, 2.45) is 5.92 Å². The molecular weight excluding hydrogens is 420 g/mol. The molecule has 0 saturated carbocycles. The van der Waals surface area contributed by atoms with Crippen LogP contribution in [0.2, 0.25) is 0 Å². The molecule has 0 aliphatic carbocycles. The second kappa shape index (κ2) is 12.2. The number of aliphatic carboxylic acids is 1. The second-order valence-electron chi connectivity index (χ2n) is 8.26. The molecule has 2 rings (SSSR count). The predicted octanol–water partition coefficient (Wildman–Crippen LogP) is -1.72. The van der Waals surface area contributed by atoms with Crippen LogP contribution in [0.5, 0.6) is 0 Å². The van der Waals surface area contributed by atoms with Crippen molar-refractivity contribution in [3.63, 3.8) is 0 Å². The Morgan fingerprint density at radius 3 is 2.34 bits per heavy atom. The number of amides is 3. The molecule has 1 aromatic heterocycles. The van der Waals surface area contributed by atoms with Crippen molar-refractivity contribution in [1.82, 2.24) is 31.2 Å². The third-order valence-corrected chi connectivity index (χ3v) is 5.13. The summed E-state index contributed by atoms with van der Waals surface area (Å²) in [5, 5.41) is 29.5. The predicted molar refractivity (Wildman–Crippen MR) is 113 cm³/mol. The molecule has 3 amide bonds. The zero-order valence-electron chi connectivity index (χ0n) is 18.3. The maximum Gasteiger partial charge on any atom is 0.326 e. The summed E-state index contributed by atoms with van der Waals surface area (Å²) >= 11 is 0. The number of H-pyrrole nitrogens is 1. The van der Waals surface area contributed by atoms with Gasteiger partial charge >= 0.3 is 5.97 Å². The SMILES string of the molecule is CC(C)CC(NC(=O)C1CCCN1)C(=O)NC(CO)C(=O)NC(Cc1cnc[nH]1)C(=O)O. The van der Waals surface area contributed by atoms with Gasteiger partial charge < -0.3 is 36.5 Å². The number of aliphatic hydroxyl groups excluding tert-OH is 1. The summed E-state index contributed by atoms with van der Waals surface area (Å²) in [7, 11) is 0. The first-order valence-corrected chi connectivity index (χ1v) is 10.7. The summed E-state index contributed by atoms with van der Waals surface area (Å²) < 4.78 is 0. The van der Waals surface area contributed by atoms with Gasteiger partial charge in [0.2, 0.25) is 17.7 Å². The minimum Gasteiger partial charge on any atom is -0.480 e. The lowest BCUT2D eigenvalue weighted by molar-refractivity contribution is -0.142. The third-order valence-electron chi connectivity index (χ3n) is 5.13. The maximum absolute atomic E-state index is 12.8. The van der Waals surface area contributed by atoms with Crippen LogP contribution in [-0.4, -0.2) is 81.2 Å². The van der Waals surface area contributed by atoms with Gasteiger partial charge in [-0.1, -0.05) is 13.8 Å². The van der Waals surface area contributed by atoms with Crippen LogP contribution >= 0.6 is 0 Å². The number of carbonyl (C=O) groups is 4. The van der Waals surface area contributed by atoms with Gasteiger partial charge in [-0.05, 0) is 31.7 Å². The Kier molecular flexibility index (Phi) is 9.60. The number of hydrogen-bond acceptors (Lipinski definition) is 7. The van der Waals surface area contributed by atoms with E-state index in [1.807, 2.05) is 13.8 Å². The third kappa shape index (κ3) is 7.61. The van der Waals surface area contributed by atoms with Gasteiger partial charge in [0, 0.05) is 18.3 Å². The van der Waals surface area contributed by atoms with Gasteiger partial charge in [-0.15, -0.1) is 0 Å². The number of aromatic amines is 1. The average Bonchev–Trinajstić information content (AvgIpc) is 3.44. The van der Waals surface area contributed by atoms with Crippen LogP contribution in [0.1, 0.15) is 38.8 Å². The lowest BCUT2D eigenvalue weighted by Crippen LogP contribution is -2.58. The second-order valence-corrected chi connectivity index (χ2v) is 8.26. The highest BCUT2D eigenvalue weighted by atomic mass is 16.4. The van der Waals surface area contributed by atoms with Gasteiger partial charge in [0.25, 0.3) is 0 Å². The number of aliphatic hydroxyl groups is 1. The van der Waals surface area contributed by atoms with Crippen molar-refractivity contribution in [2.75, 3.05) is 13.2 Å². The van der Waals surface area contributed by atoms with E-state index < -0.39 is 42.5 Å². The normalized spacial score (nSPS) is 18.6. The fourth-order valence-corrected chi connectivity index (χ4v) is 3.44. The monoisotopic (exact) mass is 452 g/mol. The lowest BCUT2D eigenvalue weighted by atomic mass is 10.0. The van der Waals surface area contributed by atoms with E-state index in [-0.39, 0.29) is 24.3 Å². The molecule has 0 bridgehead atoms. The van der Waals surface area contributed by atoms with E-state index >= 15 is 0 Å². The summed E-state index contributed by atoms with van der Waals surface area (Å²) in [6.07, 6.45) is 4.66. The summed E-state index contributed by atoms with van der Waals surface area (Å²) in [6, 6.07) is -3.92. The molecule has 1 aliphatic rings. The standard InChI is InChI=1S/C20H32N6O6/c1-11(2)6-14(24-17(28)13-4-3-5-22-13)18(29)26-16(9-27)19(30)25-15(20(31)32)7-12-8-21-10-23-12/h8,10-11,13-16,22,27H,3-7,9H2,1-2H3,(H,21,23)(H,24,28)(H,25,30)(H,26,29)(H,31,32). The van der Waals surface area contributed by atoms with E-state index in [0.717, 1.165) is 13.0 Å². The topological polar surface area (TPSA) is 186 Å². The molecule has 178 valence electrons. The number of rotatable bonds is 12. The number of aromatic nitrogens is 2. The van der Waals surface area contributed by atoms with Crippen molar-refractivity contribution >= 4 is 23.7 Å². The molecule has 12 heteroatoms. The van der Waals surface area contributed by atoms with Crippen molar-refractivity contribution in [3.8, 4) is 0 Å². The minimum absolute atomic E-state index is 0.0480. The smallest absolute Gasteiger partial charge is 0.326 e. The Morgan fingerprint density at radius 1 is 1.12 bits per heavy atom. The van der Waals surface area contributed by atoms with Crippen LogP contribution in [-0.2, 0) is 25.6 Å². The Labute approximate surface area is 185 Å². The Hall–Kier alpha value is -2.99. The van der Waals surface area contributed by atoms with E-state index in [1.165, 1.54) is 12.5 Å². The highest BCUT2D eigenvalue weighted by Crippen LogP contribution is 2.09. The first-order valence-electron chi connectivity index (χ1n) is 10.7. The molecule has 1 saturated heterocycles. The average molecular weight is 453 g/mol. The zero-order valence-corrected chi connectivity index (χ0v) is 18.3. The van der Waals surface area contributed by atoms with Crippen molar-refractivity contribution in [3.05, 3.63) is 18.2 Å². The first kappa shape index (κ1) is 25.3. The van der Waals surface area contributed by atoms with Crippen LogP contribution < -0.4 is 21.3 Å². The molecule has 1 fully saturated rings. The molecule has 4 atom stereocenters. The van der Waals surface area contributed by atoms with Crippen LogP contribution in [0.4, 0.5) is 0 Å². The molecule has 32 heavy (non-hydrogen) atoms. The van der Waals surface area contributed by atoms with E-state index in [4.69, 9.17) is 0 Å². The first-order chi connectivity index (χ1) is 15.2. The lowest BCUT2D eigenvalue weighted by Gasteiger charge is -2.25. The number of carboxylic acids is 1. The van der Waals surface area contributed by atoms with Crippen LogP contribution in [0.3, 0.4) is 0 Å². The summed E-state index contributed by atoms with van der Waals surface area (Å²) in [5.74, 6) is -2.96. The van der Waals surface area contributed by atoms with Gasteiger partial charge in [-0.25, -0.2) is 9.78 Å². The molecule has 12 nitrogen and oxygen atoms in total. The molecule has 0 aromatic carbocycles. The Bertz CT molecular complexity index is 778. The fraction of sp³-hybridized carbons (Fsp3) is 0.650. The highest BCUT2D eigenvalue weighted by molar-refractivity contribution is 5.94. The molecule has 1 aromatic rings. The van der Waals surface area contributed by atoms with Crippen LogP contribution in [0.25, 0.3) is 0 Å². The molecule has 7 N–H and O–H groups in total. The fourth-order valence-electron chi connectivity index (χ4n) is 3.44. The van der Waals surface area contributed by atoms with Crippen molar-refractivity contribution in [2.45, 2.75) is 63.7 Å². The summed E-state index contributed by atoms with van der Waals surface area (Å²) in [4.78, 5) is 55.9. The van der Waals surface area contributed by atoms with E-state index in [1.54, 1.807) is 0 Å². The van der Waals surface area contributed by atoms with Gasteiger partial charge in [0.05, 0.1) is 19.0 Å². The van der Waals surface area contributed by atoms with Gasteiger partial charge in [0.1, 0.15) is 18.1 Å². The van der Waals surface area contributed by atoms with E-state index in [0.29, 0.717) is 18.5 Å². The minimum atomic E-state index is -1.37. The summed E-state index contributed by atoms with van der Waals surface area (Å²) in [5.41, 5.74) is 0.502. The quantitative estimate of drug-likeness (QED) is 0.195. The Morgan fingerprint density at radius 2 is 1.81 bits per heavy atom. The van der Waals surface area contributed by atoms with Gasteiger partial charge in [-0.2, -0.15) is 0 Å². The zero-order chi connectivity index (χ0) is 23.7. The highest BCUT2D eigenvalue weighted by Gasteiger charge is 2.31. The molecule has 1 aliphatic heterocycles. The van der Waals surface area contributed by atoms with Crippen molar-refractivity contribution in [1.29, 1.82) is 0 Å². The van der Waals surface area contributed by atoms with E-state index in [2.05, 4.69) is 31.2 Å². The molecule has 2 heterocycles. The van der Waals surface area contributed by atoms with E-state index in [9.17, 15) is 29.4 Å². The number of hydrogen-bond donors (Lipinski definition) is 7. The van der Waals surface area contributed by atoms with Crippen LogP contribution in [0, 0.1) is 5.92 Å². The largest absolute Gasteiger partial charge is 0.480 e. The van der Waals surface area contributed by atoms with Gasteiger partial charge in [0.15, 0.2) is 0 Å². The number of carbonyl (C=O) groups excluding carboxylic acids is 3. The molecule has 4 unspecified atom stereocenters.